The summed E-state index contributed by atoms with van der Waals surface area (Å²) < 4.78 is 46.1. The van der Waals surface area contributed by atoms with Crippen LogP contribution in [0.15, 0.2) is 42.5 Å². The Bertz CT molecular complexity index is 1030. The van der Waals surface area contributed by atoms with Gasteiger partial charge in [-0.05, 0) is 44.4 Å². The van der Waals surface area contributed by atoms with Crippen LogP contribution in [0.2, 0.25) is 0 Å². The molecule has 3 N–H and O–H groups in total. The SMILES string of the molecule is CC(C)(C)OC(=O)NC(Cc1ccccc1)C(=O)N[C@@H](CC(=O)O)Cc1cc(F)c(F)cc1F. The van der Waals surface area contributed by atoms with E-state index in [9.17, 15) is 32.7 Å². The number of benzene rings is 2. The van der Waals surface area contributed by atoms with Gasteiger partial charge < -0.3 is 20.5 Å². The highest BCUT2D eigenvalue weighted by atomic mass is 19.2. The van der Waals surface area contributed by atoms with Gasteiger partial charge in [0, 0.05) is 18.5 Å². The number of alkyl carbamates (subject to hydrolysis) is 1. The fourth-order valence-corrected chi connectivity index (χ4v) is 3.18. The molecule has 0 aromatic heterocycles. The molecule has 0 saturated carbocycles. The van der Waals surface area contributed by atoms with E-state index < -0.39 is 65.9 Å². The van der Waals surface area contributed by atoms with Gasteiger partial charge in [0.15, 0.2) is 11.6 Å². The first-order valence-corrected chi connectivity index (χ1v) is 10.5. The number of carbonyl (C=O) groups excluding carboxylic acids is 2. The van der Waals surface area contributed by atoms with Crippen molar-refractivity contribution in [1.82, 2.24) is 10.6 Å². The summed E-state index contributed by atoms with van der Waals surface area (Å²) in [6.07, 6.45) is -1.82. The van der Waals surface area contributed by atoms with Gasteiger partial charge in [0.1, 0.15) is 17.5 Å². The van der Waals surface area contributed by atoms with Crippen LogP contribution in [0.4, 0.5) is 18.0 Å². The number of hydrogen-bond acceptors (Lipinski definition) is 4. The van der Waals surface area contributed by atoms with Crippen molar-refractivity contribution in [2.75, 3.05) is 0 Å². The molecule has 0 radical (unpaired) electrons. The second-order valence-corrected chi connectivity index (χ2v) is 8.75. The predicted molar refractivity (Wildman–Crippen MR) is 118 cm³/mol. The highest BCUT2D eigenvalue weighted by Crippen LogP contribution is 2.17. The number of rotatable bonds is 9. The third-order valence-electron chi connectivity index (χ3n) is 4.61. The summed E-state index contributed by atoms with van der Waals surface area (Å²) in [4.78, 5) is 36.6. The number of carboxylic acid groups (broad SMARTS) is 1. The van der Waals surface area contributed by atoms with E-state index in [1.165, 1.54) is 0 Å². The van der Waals surface area contributed by atoms with Gasteiger partial charge in [-0.15, -0.1) is 0 Å². The molecule has 184 valence electrons. The van der Waals surface area contributed by atoms with Gasteiger partial charge in [-0.1, -0.05) is 30.3 Å². The number of aliphatic carboxylic acids is 1. The molecule has 0 heterocycles. The third-order valence-corrected chi connectivity index (χ3v) is 4.61. The smallest absolute Gasteiger partial charge is 0.408 e. The Morgan fingerprint density at radius 1 is 0.941 bits per heavy atom. The standard InChI is InChI=1S/C24H27F3N2O5/c1-24(2,3)34-23(33)29-20(9-14-7-5-4-6-8-14)22(32)28-16(12-21(30)31)10-15-11-18(26)19(27)13-17(15)25/h4-8,11,13,16,20H,9-10,12H2,1-3H3,(H,28,32)(H,29,33)(H,30,31)/t16-,20?/m1/s1. The van der Waals surface area contributed by atoms with Gasteiger partial charge in [0.2, 0.25) is 5.91 Å². The number of carboxylic acids is 1. The zero-order valence-electron chi connectivity index (χ0n) is 19.0. The van der Waals surface area contributed by atoms with Crippen LogP contribution in [0, 0.1) is 17.5 Å². The topological polar surface area (TPSA) is 105 Å². The summed E-state index contributed by atoms with van der Waals surface area (Å²) in [6.45, 7) is 4.95. The Morgan fingerprint density at radius 2 is 1.56 bits per heavy atom. The van der Waals surface area contributed by atoms with Gasteiger partial charge >= 0.3 is 12.1 Å². The van der Waals surface area contributed by atoms with E-state index in [0.29, 0.717) is 17.7 Å². The summed E-state index contributed by atoms with van der Waals surface area (Å²) >= 11 is 0. The second-order valence-electron chi connectivity index (χ2n) is 8.75. The normalized spacial score (nSPS) is 13.0. The summed E-state index contributed by atoms with van der Waals surface area (Å²) in [5, 5.41) is 14.2. The van der Waals surface area contributed by atoms with Crippen molar-refractivity contribution < 1.29 is 37.4 Å². The first-order valence-electron chi connectivity index (χ1n) is 10.5. The van der Waals surface area contributed by atoms with Crippen molar-refractivity contribution in [3.63, 3.8) is 0 Å². The van der Waals surface area contributed by atoms with Crippen molar-refractivity contribution in [1.29, 1.82) is 0 Å². The number of carbonyl (C=O) groups is 3. The molecule has 7 nitrogen and oxygen atoms in total. The lowest BCUT2D eigenvalue weighted by Gasteiger charge is -2.25. The largest absolute Gasteiger partial charge is 0.481 e. The lowest BCUT2D eigenvalue weighted by molar-refractivity contribution is -0.137. The highest BCUT2D eigenvalue weighted by molar-refractivity contribution is 5.86. The fraction of sp³-hybridized carbons (Fsp3) is 0.375. The van der Waals surface area contributed by atoms with Crippen molar-refractivity contribution >= 4 is 18.0 Å². The quantitative estimate of drug-likeness (QED) is 0.475. The second kappa shape index (κ2) is 11.5. The van der Waals surface area contributed by atoms with E-state index in [1.807, 2.05) is 0 Å². The molecule has 10 heteroatoms. The zero-order valence-corrected chi connectivity index (χ0v) is 19.0. The lowest BCUT2D eigenvalue weighted by atomic mass is 10.0. The molecule has 2 aromatic rings. The van der Waals surface area contributed by atoms with Crippen LogP contribution in [0.1, 0.15) is 38.3 Å². The van der Waals surface area contributed by atoms with E-state index in [4.69, 9.17) is 4.74 Å². The molecule has 2 rings (SSSR count). The van der Waals surface area contributed by atoms with Crippen LogP contribution in [0.25, 0.3) is 0 Å². The molecular formula is C24H27F3N2O5. The maximum atomic E-state index is 14.1. The lowest BCUT2D eigenvalue weighted by Crippen LogP contribution is -2.52. The maximum absolute atomic E-state index is 14.1. The third kappa shape index (κ3) is 8.76. The Kier molecular flexibility index (Phi) is 9.05. The predicted octanol–water partition coefficient (Wildman–Crippen LogP) is 3.74. The molecule has 0 aliphatic rings. The number of ether oxygens (including phenoxy) is 1. The molecular weight excluding hydrogens is 453 g/mol. The highest BCUT2D eigenvalue weighted by Gasteiger charge is 2.28. The van der Waals surface area contributed by atoms with Crippen LogP contribution >= 0.6 is 0 Å². The van der Waals surface area contributed by atoms with E-state index in [0.717, 1.165) is 0 Å². The van der Waals surface area contributed by atoms with E-state index >= 15 is 0 Å². The molecule has 2 amide bonds. The average molecular weight is 480 g/mol. The number of hydrogen-bond donors (Lipinski definition) is 3. The fourth-order valence-electron chi connectivity index (χ4n) is 3.18. The van der Waals surface area contributed by atoms with Gasteiger partial charge in [-0.3, -0.25) is 9.59 Å². The summed E-state index contributed by atoms with van der Waals surface area (Å²) in [5.41, 5.74) is -0.418. The van der Waals surface area contributed by atoms with Gasteiger partial charge in [-0.2, -0.15) is 0 Å². The first kappa shape index (κ1) is 26.7. The number of nitrogens with one attached hydrogen (secondary N) is 2. The summed E-state index contributed by atoms with van der Waals surface area (Å²) in [6, 6.07) is 7.41. The average Bonchev–Trinajstić information content (AvgIpc) is 2.70. The molecule has 2 atom stereocenters. The first-order chi connectivity index (χ1) is 15.8. The van der Waals surface area contributed by atoms with E-state index in [2.05, 4.69) is 10.6 Å². The van der Waals surface area contributed by atoms with E-state index in [1.54, 1.807) is 51.1 Å². The van der Waals surface area contributed by atoms with E-state index in [-0.39, 0.29) is 12.0 Å². The van der Waals surface area contributed by atoms with Gasteiger partial charge in [-0.25, -0.2) is 18.0 Å². The van der Waals surface area contributed by atoms with Crippen molar-refractivity contribution in [3.8, 4) is 0 Å². The molecule has 0 aliphatic carbocycles. The van der Waals surface area contributed by atoms with Gasteiger partial charge in [0.25, 0.3) is 0 Å². The molecule has 0 aliphatic heterocycles. The zero-order chi connectivity index (χ0) is 25.5. The van der Waals surface area contributed by atoms with Crippen molar-refractivity contribution in [2.24, 2.45) is 0 Å². The van der Waals surface area contributed by atoms with Crippen molar-refractivity contribution in [3.05, 3.63) is 71.0 Å². The van der Waals surface area contributed by atoms with Crippen LogP contribution in [0.5, 0.6) is 0 Å². The van der Waals surface area contributed by atoms with Crippen LogP contribution in [0.3, 0.4) is 0 Å². The Hall–Kier alpha value is -3.56. The van der Waals surface area contributed by atoms with Crippen LogP contribution in [-0.2, 0) is 27.2 Å². The monoisotopic (exact) mass is 480 g/mol. The van der Waals surface area contributed by atoms with Crippen LogP contribution < -0.4 is 10.6 Å². The maximum Gasteiger partial charge on any atom is 0.408 e. The molecule has 0 saturated heterocycles. The number of amides is 2. The number of halogens is 3. The Labute approximate surface area is 195 Å². The molecule has 1 unspecified atom stereocenters. The molecule has 2 aromatic carbocycles. The Balaban J connectivity index is 2.24. The van der Waals surface area contributed by atoms with Gasteiger partial charge in [0.05, 0.1) is 6.42 Å². The molecule has 34 heavy (non-hydrogen) atoms. The minimum absolute atomic E-state index is 0.0608. The minimum Gasteiger partial charge on any atom is -0.481 e. The minimum atomic E-state index is -1.38. The Morgan fingerprint density at radius 3 is 2.15 bits per heavy atom. The summed E-state index contributed by atoms with van der Waals surface area (Å²) in [7, 11) is 0. The molecule has 0 bridgehead atoms. The molecule has 0 fully saturated rings. The van der Waals surface area contributed by atoms with Crippen molar-refractivity contribution in [2.45, 2.75) is 57.7 Å². The van der Waals surface area contributed by atoms with Crippen LogP contribution in [-0.4, -0.2) is 40.8 Å². The summed E-state index contributed by atoms with van der Waals surface area (Å²) in [5.74, 6) is -5.80. The molecule has 0 spiro atoms.